The Bertz CT molecular complexity index is 728. The lowest BCUT2D eigenvalue weighted by molar-refractivity contribution is 0.0928. The second-order valence-corrected chi connectivity index (χ2v) is 6.81. The average Bonchev–Trinajstić information content (AvgIpc) is 3.24. The number of carbonyl (C=O) groups excluding carboxylic acids is 1. The van der Waals surface area contributed by atoms with Crippen LogP contribution in [0.15, 0.2) is 23.1 Å². The van der Waals surface area contributed by atoms with E-state index in [0.717, 1.165) is 41.2 Å². The minimum Gasteiger partial charge on any atom is -0.344 e. The van der Waals surface area contributed by atoms with E-state index in [9.17, 15) is 9.18 Å². The van der Waals surface area contributed by atoms with Crippen molar-refractivity contribution in [3.8, 4) is 0 Å². The number of aromatic nitrogens is 3. The van der Waals surface area contributed by atoms with E-state index in [1.54, 1.807) is 17.8 Å². The van der Waals surface area contributed by atoms with Crippen LogP contribution >= 0.6 is 11.8 Å². The molecule has 4 rings (SSSR count). The Kier molecular flexibility index (Phi) is 3.37. The first kappa shape index (κ1) is 13.8. The van der Waals surface area contributed by atoms with Crippen LogP contribution in [-0.4, -0.2) is 27.1 Å². The Morgan fingerprint density at radius 1 is 1.32 bits per heavy atom. The summed E-state index contributed by atoms with van der Waals surface area (Å²) in [4.78, 5) is 13.5. The number of nitrogens with zero attached hydrogens (tertiary/aromatic N) is 2. The Morgan fingerprint density at radius 2 is 2.18 bits per heavy atom. The standard InChI is InChI=1S/C15H15FN4OS/c16-9-3-4-12-10(7-9)11(5-6-22-12)17-15(21)14-13(8-1-2-8)18-20-19-14/h3-4,7-8,11H,1-2,5-6H2,(H,17,21)(H,18,19,20). The first-order chi connectivity index (χ1) is 10.7. The summed E-state index contributed by atoms with van der Waals surface area (Å²) < 4.78 is 13.5. The molecule has 2 N–H and O–H groups in total. The zero-order chi connectivity index (χ0) is 15.1. The number of amides is 1. The molecule has 1 amide bonds. The van der Waals surface area contributed by atoms with Crippen LogP contribution in [-0.2, 0) is 0 Å². The molecule has 0 bridgehead atoms. The molecule has 2 heterocycles. The maximum atomic E-state index is 13.5. The molecule has 0 spiro atoms. The molecular weight excluding hydrogens is 303 g/mol. The van der Waals surface area contributed by atoms with Gasteiger partial charge >= 0.3 is 0 Å². The van der Waals surface area contributed by atoms with E-state index in [1.165, 1.54) is 12.1 Å². The van der Waals surface area contributed by atoms with Crippen LogP contribution in [0.25, 0.3) is 0 Å². The van der Waals surface area contributed by atoms with E-state index >= 15 is 0 Å². The molecule has 1 aliphatic carbocycles. The summed E-state index contributed by atoms with van der Waals surface area (Å²) in [5, 5.41) is 13.6. The second kappa shape index (κ2) is 5.39. The number of rotatable bonds is 3. The number of nitrogens with one attached hydrogen (secondary N) is 2. The molecular formula is C15H15FN4OS. The summed E-state index contributed by atoms with van der Waals surface area (Å²) in [7, 11) is 0. The Labute approximate surface area is 131 Å². The molecule has 2 aromatic rings. The molecule has 1 aromatic carbocycles. The first-order valence-corrected chi connectivity index (χ1v) is 8.34. The highest BCUT2D eigenvalue weighted by atomic mass is 32.2. The molecule has 114 valence electrons. The summed E-state index contributed by atoms with van der Waals surface area (Å²) in [6, 6.07) is 4.57. The van der Waals surface area contributed by atoms with E-state index in [0.29, 0.717) is 11.6 Å². The van der Waals surface area contributed by atoms with E-state index in [1.807, 2.05) is 0 Å². The van der Waals surface area contributed by atoms with E-state index in [2.05, 4.69) is 20.7 Å². The highest BCUT2D eigenvalue weighted by molar-refractivity contribution is 7.99. The van der Waals surface area contributed by atoms with Gasteiger partial charge in [0.2, 0.25) is 0 Å². The molecule has 1 saturated carbocycles. The quantitative estimate of drug-likeness (QED) is 0.913. The summed E-state index contributed by atoms with van der Waals surface area (Å²) in [5.41, 5.74) is 1.97. The third-order valence-electron chi connectivity index (χ3n) is 4.07. The fraction of sp³-hybridized carbons (Fsp3) is 0.400. The molecule has 5 nitrogen and oxygen atoms in total. The fourth-order valence-electron chi connectivity index (χ4n) is 2.79. The lowest BCUT2D eigenvalue weighted by atomic mass is 10.0. The predicted molar refractivity (Wildman–Crippen MR) is 80.3 cm³/mol. The van der Waals surface area contributed by atoms with Crippen LogP contribution in [0.3, 0.4) is 0 Å². The number of carbonyl (C=O) groups is 1. The number of fused-ring (bicyclic) bond motifs is 1. The number of thioether (sulfide) groups is 1. The van der Waals surface area contributed by atoms with Crippen molar-refractivity contribution in [2.24, 2.45) is 0 Å². The predicted octanol–water partition coefficient (Wildman–Crippen LogP) is 2.79. The molecule has 7 heteroatoms. The second-order valence-electron chi connectivity index (χ2n) is 5.68. The first-order valence-electron chi connectivity index (χ1n) is 7.36. The van der Waals surface area contributed by atoms with Gasteiger partial charge in [0.15, 0.2) is 5.69 Å². The Balaban J connectivity index is 1.58. The van der Waals surface area contributed by atoms with Gasteiger partial charge in [0.1, 0.15) is 5.82 Å². The van der Waals surface area contributed by atoms with Crippen molar-refractivity contribution in [3.63, 3.8) is 0 Å². The normalized spacial score (nSPS) is 20.5. The van der Waals surface area contributed by atoms with Gasteiger partial charge in [-0.05, 0) is 43.0 Å². The topological polar surface area (TPSA) is 70.7 Å². The molecule has 1 aromatic heterocycles. The smallest absolute Gasteiger partial charge is 0.274 e. The van der Waals surface area contributed by atoms with Gasteiger partial charge in [0, 0.05) is 16.6 Å². The van der Waals surface area contributed by atoms with E-state index in [-0.39, 0.29) is 17.8 Å². The third kappa shape index (κ3) is 2.49. The highest BCUT2D eigenvalue weighted by Gasteiger charge is 2.33. The minimum absolute atomic E-state index is 0.178. The van der Waals surface area contributed by atoms with Crippen LogP contribution in [0, 0.1) is 5.82 Å². The lowest BCUT2D eigenvalue weighted by Gasteiger charge is -2.25. The van der Waals surface area contributed by atoms with Crippen LogP contribution < -0.4 is 5.32 Å². The summed E-state index contributed by atoms with van der Waals surface area (Å²) in [6.45, 7) is 0. The fourth-order valence-corrected chi connectivity index (χ4v) is 3.90. The lowest BCUT2D eigenvalue weighted by Crippen LogP contribution is -2.31. The van der Waals surface area contributed by atoms with Crippen LogP contribution in [0.5, 0.6) is 0 Å². The van der Waals surface area contributed by atoms with Crippen molar-refractivity contribution in [1.82, 2.24) is 20.7 Å². The van der Waals surface area contributed by atoms with Crippen molar-refractivity contribution >= 4 is 17.7 Å². The molecule has 0 saturated heterocycles. The molecule has 1 aliphatic heterocycles. The van der Waals surface area contributed by atoms with Gasteiger partial charge in [-0.1, -0.05) is 0 Å². The number of hydrogen-bond donors (Lipinski definition) is 2. The van der Waals surface area contributed by atoms with Gasteiger partial charge in [-0.25, -0.2) is 4.39 Å². The average molecular weight is 318 g/mol. The minimum atomic E-state index is -0.277. The number of hydrogen-bond acceptors (Lipinski definition) is 4. The summed E-state index contributed by atoms with van der Waals surface area (Å²) >= 11 is 1.69. The Hall–Kier alpha value is -1.89. The van der Waals surface area contributed by atoms with Gasteiger partial charge in [-0.2, -0.15) is 15.4 Å². The number of aromatic amines is 1. The van der Waals surface area contributed by atoms with Crippen LogP contribution in [0.4, 0.5) is 4.39 Å². The van der Waals surface area contributed by atoms with Gasteiger partial charge in [-0.15, -0.1) is 11.8 Å². The monoisotopic (exact) mass is 318 g/mol. The van der Waals surface area contributed by atoms with Gasteiger partial charge in [0.05, 0.1) is 11.7 Å². The van der Waals surface area contributed by atoms with E-state index in [4.69, 9.17) is 0 Å². The van der Waals surface area contributed by atoms with Crippen molar-refractivity contribution in [1.29, 1.82) is 0 Å². The highest BCUT2D eigenvalue weighted by Crippen LogP contribution is 2.40. The van der Waals surface area contributed by atoms with Gasteiger partial charge in [0.25, 0.3) is 5.91 Å². The molecule has 0 radical (unpaired) electrons. The maximum Gasteiger partial charge on any atom is 0.274 e. The van der Waals surface area contributed by atoms with Crippen LogP contribution in [0.1, 0.15) is 53.0 Å². The van der Waals surface area contributed by atoms with Gasteiger partial charge in [-0.3, -0.25) is 4.79 Å². The van der Waals surface area contributed by atoms with Crippen LogP contribution in [0.2, 0.25) is 0 Å². The molecule has 1 unspecified atom stereocenters. The van der Waals surface area contributed by atoms with Crippen molar-refractivity contribution in [2.45, 2.75) is 36.1 Å². The third-order valence-corrected chi connectivity index (χ3v) is 5.19. The van der Waals surface area contributed by atoms with Crippen molar-refractivity contribution in [2.75, 3.05) is 5.75 Å². The molecule has 1 atom stereocenters. The molecule has 1 fully saturated rings. The van der Waals surface area contributed by atoms with Crippen molar-refractivity contribution < 1.29 is 9.18 Å². The Morgan fingerprint density at radius 3 is 3.00 bits per heavy atom. The van der Waals surface area contributed by atoms with E-state index < -0.39 is 0 Å². The maximum absolute atomic E-state index is 13.5. The molecule has 22 heavy (non-hydrogen) atoms. The van der Waals surface area contributed by atoms with Crippen molar-refractivity contribution in [3.05, 3.63) is 41.0 Å². The SMILES string of the molecule is O=C(NC1CCSc2ccc(F)cc21)c1n[nH]nc1C1CC1. The van der Waals surface area contributed by atoms with Gasteiger partial charge < -0.3 is 5.32 Å². The molecule has 2 aliphatic rings. The zero-order valence-corrected chi connectivity index (χ0v) is 12.6. The summed E-state index contributed by atoms with van der Waals surface area (Å²) in [6.07, 6.45) is 2.89. The largest absolute Gasteiger partial charge is 0.344 e. The zero-order valence-electron chi connectivity index (χ0n) is 11.8. The number of H-pyrrole nitrogens is 1. The number of benzene rings is 1. The number of halogens is 1. The summed E-state index contributed by atoms with van der Waals surface area (Å²) in [5.74, 6) is 0.743.